The van der Waals surface area contributed by atoms with Crippen molar-refractivity contribution < 1.29 is 9.59 Å². The summed E-state index contributed by atoms with van der Waals surface area (Å²) in [5, 5.41) is 12.2. The van der Waals surface area contributed by atoms with Crippen molar-refractivity contribution in [1.29, 1.82) is 0 Å². The number of ketones is 1. The summed E-state index contributed by atoms with van der Waals surface area (Å²) in [4.78, 5) is 25.5. The minimum absolute atomic E-state index is 0.256. The second-order valence-electron chi connectivity index (χ2n) is 7.73. The third kappa shape index (κ3) is 3.18. The van der Waals surface area contributed by atoms with Gasteiger partial charge in [-0.15, -0.1) is 0 Å². The van der Waals surface area contributed by atoms with E-state index in [2.05, 4.69) is 16.0 Å². The molecule has 1 heterocycles. The lowest BCUT2D eigenvalue weighted by Crippen LogP contribution is -3.05. The molecule has 1 aliphatic rings. The Kier molecular flexibility index (Phi) is 6.28. The van der Waals surface area contributed by atoms with E-state index in [1.165, 1.54) is 19.0 Å². The monoisotopic (exact) mass is 425 g/mol. The number of carbonyl (C=O) groups is 2. The predicted molar refractivity (Wildman–Crippen MR) is 118 cm³/mol. The summed E-state index contributed by atoms with van der Waals surface area (Å²) in [5.74, 6) is 4.55. The number of likely N-dealkylation sites (N-methyl/N-ethyl adjacent to an activating group) is 2. The number of hydrogen-bond acceptors (Lipinski definition) is 8. The van der Waals surface area contributed by atoms with Gasteiger partial charge >= 0.3 is 0 Å². The molecule has 1 amide bonds. The van der Waals surface area contributed by atoms with Crippen molar-refractivity contribution in [1.82, 2.24) is 26.1 Å². The Morgan fingerprint density at radius 2 is 1.52 bits per heavy atom. The number of nitrogens with two attached hydrogens (primary N) is 2. The Labute approximate surface area is 182 Å². The zero-order valence-electron chi connectivity index (χ0n) is 18.3. The van der Waals surface area contributed by atoms with Gasteiger partial charge in [-0.3, -0.25) is 20.7 Å². The quantitative estimate of drug-likeness (QED) is 0.226. The first kappa shape index (κ1) is 23.0. The molecule has 0 radical (unpaired) electrons. The fourth-order valence-electron chi connectivity index (χ4n) is 4.90. The van der Waals surface area contributed by atoms with Gasteiger partial charge in [0.15, 0.2) is 17.1 Å². The summed E-state index contributed by atoms with van der Waals surface area (Å²) in [6.07, 6.45) is 0. The molecule has 3 unspecified atom stereocenters. The Bertz CT molecular complexity index is 941. The first-order chi connectivity index (χ1) is 14.7. The molecule has 0 spiro atoms. The van der Waals surface area contributed by atoms with Crippen molar-refractivity contribution in [2.24, 2.45) is 11.6 Å². The van der Waals surface area contributed by atoms with E-state index in [0.717, 1.165) is 5.56 Å². The topological polar surface area (TPSA) is 129 Å². The zero-order valence-corrected chi connectivity index (χ0v) is 18.3. The van der Waals surface area contributed by atoms with Crippen molar-refractivity contribution in [3.8, 4) is 0 Å². The van der Waals surface area contributed by atoms with Crippen LogP contribution in [0.1, 0.15) is 25.0 Å². The number of nitrogens with zero attached hydrogens (tertiary/aromatic N) is 2. The summed E-state index contributed by atoms with van der Waals surface area (Å²) in [5.41, 5.74) is 5.83. The number of rotatable bonds is 8. The first-order valence-corrected chi connectivity index (χ1v) is 10.1. The van der Waals surface area contributed by atoms with Gasteiger partial charge in [0.2, 0.25) is 5.91 Å². The van der Waals surface area contributed by atoms with Gasteiger partial charge in [0, 0.05) is 6.92 Å². The Morgan fingerprint density at radius 3 is 1.97 bits per heavy atom. The summed E-state index contributed by atoms with van der Waals surface area (Å²) in [6.45, 7) is 3.13. The molecule has 166 valence electrons. The fourth-order valence-corrected chi connectivity index (χ4v) is 4.90. The second kappa shape index (κ2) is 8.46. The van der Waals surface area contributed by atoms with E-state index in [4.69, 9.17) is 11.6 Å². The molecule has 31 heavy (non-hydrogen) atoms. The molecule has 7 N–H and O–H groups in total. The fraction of sp³-hybridized carbons (Fsp3) is 0.364. The maximum Gasteiger partial charge on any atom is 0.219 e. The molecule has 3 rings (SSSR count). The molecular weight excluding hydrogens is 394 g/mol. The zero-order chi connectivity index (χ0) is 22.9. The Hall–Kier alpha value is -2.66. The number of amides is 1. The van der Waals surface area contributed by atoms with E-state index in [9.17, 15) is 9.59 Å². The molecule has 9 nitrogen and oxygen atoms in total. The van der Waals surface area contributed by atoms with Crippen LogP contribution in [0.3, 0.4) is 0 Å². The molecule has 1 fully saturated rings. The standard InChI is InChI=1S/C22H31N7O2/c1-16(30)20(25-3)21(23,19-13-9-6-10-14-19)29(22(20,26-4)27-17(2)31)28(24)15-18-11-7-5-8-12-18/h5-14,25-26H,15,23-24H2,1-4H3,(H,27,31). The largest absolute Gasteiger partial charge is 0.322 e. The van der Waals surface area contributed by atoms with E-state index in [-0.39, 0.29) is 11.7 Å². The Morgan fingerprint density at radius 1 is 0.968 bits per heavy atom. The van der Waals surface area contributed by atoms with Gasteiger partial charge in [0.05, 0.1) is 6.54 Å². The van der Waals surface area contributed by atoms with E-state index < -0.39 is 17.0 Å². The molecule has 1 aliphatic heterocycles. The van der Waals surface area contributed by atoms with E-state index in [0.29, 0.717) is 12.1 Å². The van der Waals surface area contributed by atoms with Crippen LogP contribution in [0.5, 0.6) is 0 Å². The van der Waals surface area contributed by atoms with Crippen LogP contribution in [0, 0.1) is 0 Å². The minimum Gasteiger partial charge on any atom is -0.322 e. The molecule has 0 aliphatic carbocycles. The number of Topliss-reactive ketones (excluding diaryl/α,β-unsaturated/α-hetero) is 1. The normalized spacial score (nSPS) is 28.2. The van der Waals surface area contributed by atoms with Crippen molar-refractivity contribution >= 4 is 11.7 Å². The van der Waals surface area contributed by atoms with Gasteiger partial charge in [0.1, 0.15) is 5.66 Å². The number of hydrogen-bond donors (Lipinski definition) is 5. The summed E-state index contributed by atoms with van der Waals surface area (Å²) in [6, 6.07) is 18.9. The highest BCUT2D eigenvalue weighted by Crippen LogP contribution is 2.54. The van der Waals surface area contributed by atoms with Crippen molar-refractivity contribution in [3.05, 3.63) is 71.8 Å². The van der Waals surface area contributed by atoms with Crippen LogP contribution in [0.4, 0.5) is 0 Å². The second-order valence-corrected chi connectivity index (χ2v) is 7.73. The third-order valence-electron chi connectivity index (χ3n) is 6.05. The molecule has 2 aromatic rings. The lowest BCUT2D eigenvalue weighted by atomic mass is 9.62. The Balaban J connectivity index is 2.23. The van der Waals surface area contributed by atoms with Crippen LogP contribution in [0.2, 0.25) is 0 Å². The van der Waals surface area contributed by atoms with Gasteiger partial charge in [-0.1, -0.05) is 60.7 Å². The van der Waals surface area contributed by atoms with Crippen LogP contribution < -0.4 is 27.5 Å². The van der Waals surface area contributed by atoms with E-state index >= 15 is 0 Å². The van der Waals surface area contributed by atoms with Gasteiger partial charge in [-0.05, 0) is 32.1 Å². The lowest BCUT2D eigenvalue weighted by Gasteiger charge is -2.74. The summed E-state index contributed by atoms with van der Waals surface area (Å²) in [7, 11) is 3.30. The van der Waals surface area contributed by atoms with Crippen LogP contribution in [0.25, 0.3) is 0 Å². The molecule has 1 saturated heterocycles. The highest BCUT2D eigenvalue weighted by atomic mass is 16.2. The predicted octanol–water partition coefficient (Wildman–Crippen LogP) is -0.0389. The molecular formula is C22H31N7O2. The first-order valence-electron chi connectivity index (χ1n) is 10.1. The van der Waals surface area contributed by atoms with Crippen molar-refractivity contribution in [2.45, 2.75) is 37.4 Å². The smallest absolute Gasteiger partial charge is 0.219 e. The van der Waals surface area contributed by atoms with E-state index in [1.807, 2.05) is 60.7 Å². The molecule has 2 aromatic carbocycles. The van der Waals surface area contributed by atoms with Crippen LogP contribution >= 0.6 is 0 Å². The van der Waals surface area contributed by atoms with Crippen LogP contribution in [-0.4, -0.2) is 47.2 Å². The van der Waals surface area contributed by atoms with E-state index in [1.54, 1.807) is 19.1 Å². The molecule has 9 heteroatoms. The molecule has 0 aromatic heterocycles. The average molecular weight is 426 g/mol. The molecule has 0 saturated carbocycles. The number of nitrogens with one attached hydrogen (secondary N) is 3. The summed E-state index contributed by atoms with van der Waals surface area (Å²) >= 11 is 0. The van der Waals surface area contributed by atoms with Crippen LogP contribution in [-0.2, 0) is 21.8 Å². The lowest BCUT2D eigenvalue weighted by molar-refractivity contribution is -0.344. The average Bonchev–Trinajstić information content (AvgIpc) is 2.74. The van der Waals surface area contributed by atoms with Gasteiger partial charge in [-0.25, -0.2) is 0 Å². The molecule has 0 bridgehead atoms. The van der Waals surface area contributed by atoms with Crippen LogP contribution in [0.15, 0.2) is 60.7 Å². The highest BCUT2D eigenvalue weighted by molar-refractivity contribution is 5.93. The maximum absolute atomic E-state index is 13.2. The minimum atomic E-state index is -1.43. The molecule has 3 atom stereocenters. The van der Waals surface area contributed by atoms with Gasteiger partial charge < -0.3 is 16.4 Å². The maximum atomic E-state index is 13.2. The highest BCUT2D eigenvalue weighted by Gasteiger charge is 2.82. The van der Waals surface area contributed by atoms with Crippen molar-refractivity contribution in [3.63, 3.8) is 0 Å². The number of carbonyl (C=O) groups excluding carboxylic acids is 2. The summed E-state index contributed by atoms with van der Waals surface area (Å²) < 4.78 is 0. The van der Waals surface area contributed by atoms with Gasteiger partial charge in [0.25, 0.3) is 0 Å². The SMILES string of the molecule is CNC1(NC(C)=O)N(N(N)Cc2ccccc2)C(N)(c2ccccc2)C1(NC)C(C)=O. The number of hydrazine groups is 2. The third-order valence-corrected chi connectivity index (χ3v) is 6.05. The number of benzene rings is 2. The van der Waals surface area contributed by atoms with Crippen molar-refractivity contribution in [2.75, 3.05) is 14.1 Å². The van der Waals surface area contributed by atoms with Gasteiger partial charge in [-0.2, -0.15) is 10.1 Å².